The molecule has 2 aromatic heterocycles. The number of rotatable bonds is 3. The number of ketones is 1. The Bertz CT molecular complexity index is 1040. The zero-order valence-corrected chi connectivity index (χ0v) is 17.3. The van der Waals surface area contributed by atoms with Crippen LogP contribution in [0, 0.1) is 27.7 Å². The second kappa shape index (κ2) is 8.30. The van der Waals surface area contributed by atoms with Crippen LogP contribution in [0.4, 0.5) is 0 Å². The fourth-order valence-electron chi connectivity index (χ4n) is 3.14. The Balaban J connectivity index is 0.00000126. The van der Waals surface area contributed by atoms with E-state index in [2.05, 4.69) is 29.2 Å². The predicted molar refractivity (Wildman–Crippen MR) is 112 cm³/mol. The molecule has 0 aliphatic rings. The molecule has 0 amide bonds. The minimum Gasteiger partial charge on any atom is -0.325 e. The van der Waals surface area contributed by atoms with Gasteiger partial charge in [0, 0.05) is 17.9 Å². The first-order valence-corrected chi connectivity index (χ1v) is 9.37. The van der Waals surface area contributed by atoms with Gasteiger partial charge in [-0.1, -0.05) is 43.7 Å². The molecule has 27 heavy (non-hydrogen) atoms. The van der Waals surface area contributed by atoms with E-state index in [9.17, 15) is 9.59 Å². The predicted octanol–water partition coefficient (Wildman–Crippen LogP) is 4.91. The molecule has 0 bridgehead atoms. The first-order valence-electron chi connectivity index (χ1n) is 9.37. The molecule has 2 heterocycles. The number of hydrogen-bond acceptors (Lipinski definition) is 3. The van der Waals surface area contributed by atoms with Gasteiger partial charge in [0.05, 0.1) is 10.9 Å². The summed E-state index contributed by atoms with van der Waals surface area (Å²) in [5.41, 5.74) is 5.47. The fourth-order valence-corrected chi connectivity index (χ4v) is 3.14. The molecule has 0 aliphatic heterocycles. The summed E-state index contributed by atoms with van der Waals surface area (Å²) in [6, 6.07) is 10.1. The van der Waals surface area contributed by atoms with Crippen LogP contribution in [-0.2, 0) is 6.54 Å². The molecule has 0 saturated carbocycles. The SMILES string of the molecule is CC.CC(=O)c1c(C)n(Cc2ccc(C)cc2)c2nc(C)c(C)cc2c1=O. The van der Waals surface area contributed by atoms with E-state index in [4.69, 9.17) is 0 Å². The average molecular weight is 364 g/mol. The molecule has 0 radical (unpaired) electrons. The van der Waals surface area contributed by atoms with Crippen molar-refractivity contribution in [3.8, 4) is 0 Å². The molecule has 4 nitrogen and oxygen atoms in total. The number of Topliss-reactive ketones (excluding diaryl/α,β-unsaturated/α-hetero) is 1. The Labute approximate surface area is 160 Å². The molecule has 0 unspecified atom stereocenters. The lowest BCUT2D eigenvalue weighted by Gasteiger charge is -2.18. The standard InChI is InChI=1S/C21H22N2O2.C2H6/c1-12-6-8-17(9-7-12)11-23-15(4)19(16(5)24)20(25)18-10-13(2)14(3)22-21(18)23;1-2/h6-10H,11H2,1-5H3;1-2H3. The molecular formula is C23H28N2O2. The molecular weight excluding hydrogens is 336 g/mol. The van der Waals surface area contributed by atoms with Crippen molar-refractivity contribution in [1.29, 1.82) is 0 Å². The van der Waals surface area contributed by atoms with E-state index < -0.39 is 0 Å². The van der Waals surface area contributed by atoms with Gasteiger partial charge in [-0.2, -0.15) is 0 Å². The maximum atomic E-state index is 12.8. The van der Waals surface area contributed by atoms with Crippen molar-refractivity contribution in [3.05, 3.63) is 74.2 Å². The zero-order chi connectivity index (χ0) is 20.3. The van der Waals surface area contributed by atoms with E-state index in [-0.39, 0.29) is 16.8 Å². The smallest absolute Gasteiger partial charge is 0.202 e. The van der Waals surface area contributed by atoms with Crippen molar-refractivity contribution in [2.45, 2.75) is 55.0 Å². The van der Waals surface area contributed by atoms with Crippen LogP contribution in [0.25, 0.3) is 11.0 Å². The zero-order valence-electron chi connectivity index (χ0n) is 17.3. The van der Waals surface area contributed by atoms with Crippen LogP contribution in [0.5, 0.6) is 0 Å². The number of carbonyl (C=O) groups is 1. The minimum atomic E-state index is -0.226. The molecule has 0 saturated heterocycles. The summed E-state index contributed by atoms with van der Waals surface area (Å²) in [4.78, 5) is 29.6. The quantitative estimate of drug-likeness (QED) is 0.621. The average Bonchev–Trinajstić information content (AvgIpc) is 2.63. The minimum absolute atomic E-state index is 0.208. The number of pyridine rings is 2. The first kappa shape index (κ1) is 20.6. The van der Waals surface area contributed by atoms with Gasteiger partial charge in [-0.15, -0.1) is 0 Å². The van der Waals surface area contributed by atoms with E-state index in [1.54, 1.807) is 0 Å². The van der Waals surface area contributed by atoms with Gasteiger partial charge >= 0.3 is 0 Å². The Morgan fingerprint density at radius 2 is 1.63 bits per heavy atom. The molecule has 142 valence electrons. The van der Waals surface area contributed by atoms with E-state index >= 15 is 0 Å². The van der Waals surface area contributed by atoms with Gasteiger partial charge in [-0.3, -0.25) is 9.59 Å². The number of nitrogens with zero attached hydrogens (tertiary/aromatic N) is 2. The van der Waals surface area contributed by atoms with Gasteiger partial charge in [0.25, 0.3) is 0 Å². The van der Waals surface area contributed by atoms with Gasteiger partial charge in [-0.05, 0) is 51.8 Å². The number of aryl methyl sites for hydroxylation is 3. The Hall–Kier alpha value is -2.75. The highest BCUT2D eigenvalue weighted by molar-refractivity contribution is 5.98. The van der Waals surface area contributed by atoms with Crippen molar-refractivity contribution >= 4 is 16.8 Å². The van der Waals surface area contributed by atoms with E-state index in [0.717, 1.165) is 16.8 Å². The van der Waals surface area contributed by atoms with E-state index in [1.165, 1.54) is 12.5 Å². The van der Waals surface area contributed by atoms with Crippen LogP contribution >= 0.6 is 0 Å². The van der Waals surface area contributed by atoms with Crippen LogP contribution in [0.2, 0.25) is 0 Å². The first-order chi connectivity index (χ1) is 12.8. The number of aromatic nitrogens is 2. The Morgan fingerprint density at radius 1 is 1.04 bits per heavy atom. The van der Waals surface area contributed by atoms with Crippen molar-refractivity contribution in [2.24, 2.45) is 0 Å². The van der Waals surface area contributed by atoms with Crippen molar-refractivity contribution < 1.29 is 4.79 Å². The second-order valence-electron chi connectivity index (χ2n) is 6.68. The maximum absolute atomic E-state index is 12.8. The number of carbonyl (C=O) groups excluding carboxylic acids is 1. The molecule has 3 aromatic rings. The highest BCUT2D eigenvalue weighted by Gasteiger charge is 2.19. The summed E-state index contributed by atoms with van der Waals surface area (Å²) < 4.78 is 1.98. The largest absolute Gasteiger partial charge is 0.325 e. The third kappa shape index (κ3) is 4.00. The van der Waals surface area contributed by atoms with Crippen LogP contribution in [-0.4, -0.2) is 15.3 Å². The van der Waals surface area contributed by atoms with Crippen LogP contribution in [0.15, 0.2) is 35.1 Å². The number of hydrogen-bond donors (Lipinski definition) is 0. The normalized spacial score (nSPS) is 10.5. The van der Waals surface area contributed by atoms with Crippen LogP contribution < -0.4 is 5.43 Å². The lowest BCUT2D eigenvalue weighted by Crippen LogP contribution is -2.23. The number of benzene rings is 1. The van der Waals surface area contributed by atoms with Gasteiger partial charge in [0.15, 0.2) is 5.78 Å². The third-order valence-electron chi connectivity index (χ3n) is 4.75. The van der Waals surface area contributed by atoms with E-state index in [0.29, 0.717) is 23.3 Å². The van der Waals surface area contributed by atoms with Gasteiger partial charge in [0.1, 0.15) is 5.65 Å². The molecule has 0 fully saturated rings. The fraction of sp³-hybridized carbons (Fsp3) is 0.348. The number of fused-ring (bicyclic) bond motifs is 1. The summed E-state index contributed by atoms with van der Waals surface area (Å²) in [6.07, 6.45) is 0. The Morgan fingerprint density at radius 3 is 2.19 bits per heavy atom. The summed E-state index contributed by atoms with van der Waals surface area (Å²) >= 11 is 0. The van der Waals surface area contributed by atoms with Gasteiger partial charge in [0.2, 0.25) is 5.43 Å². The van der Waals surface area contributed by atoms with Gasteiger partial charge < -0.3 is 4.57 Å². The molecule has 0 aliphatic carbocycles. The van der Waals surface area contributed by atoms with Crippen LogP contribution in [0.1, 0.15) is 59.2 Å². The molecule has 0 atom stereocenters. The van der Waals surface area contributed by atoms with Gasteiger partial charge in [-0.25, -0.2) is 4.98 Å². The van der Waals surface area contributed by atoms with Crippen molar-refractivity contribution in [2.75, 3.05) is 0 Å². The highest BCUT2D eigenvalue weighted by atomic mass is 16.1. The molecule has 0 N–H and O–H groups in total. The topological polar surface area (TPSA) is 52.0 Å². The Kier molecular flexibility index (Phi) is 6.32. The lowest BCUT2D eigenvalue weighted by molar-refractivity contribution is 0.101. The van der Waals surface area contributed by atoms with E-state index in [1.807, 2.05) is 52.2 Å². The molecule has 4 heteroatoms. The second-order valence-corrected chi connectivity index (χ2v) is 6.68. The lowest BCUT2D eigenvalue weighted by atomic mass is 10.0. The third-order valence-corrected chi connectivity index (χ3v) is 4.75. The summed E-state index contributed by atoms with van der Waals surface area (Å²) in [5, 5.41) is 0.506. The summed E-state index contributed by atoms with van der Waals surface area (Å²) in [6.45, 7) is 13.7. The maximum Gasteiger partial charge on any atom is 0.202 e. The monoisotopic (exact) mass is 364 g/mol. The summed E-state index contributed by atoms with van der Waals surface area (Å²) in [7, 11) is 0. The molecule has 1 aromatic carbocycles. The summed E-state index contributed by atoms with van der Waals surface area (Å²) in [5.74, 6) is -0.208. The van der Waals surface area contributed by atoms with Crippen molar-refractivity contribution in [1.82, 2.24) is 9.55 Å². The van der Waals surface area contributed by atoms with Crippen LogP contribution in [0.3, 0.4) is 0 Å². The highest BCUT2D eigenvalue weighted by Crippen LogP contribution is 2.19. The van der Waals surface area contributed by atoms with Crippen molar-refractivity contribution in [3.63, 3.8) is 0 Å². The molecule has 3 rings (SSSR count). The molecule has 0 spiro atoms.